The van der Waals surface area contributed by atoms with Crippen molar-refractivity contribution < 1.29 is 49.1 Å². The molecular formula is C39H48N8O12S. The Balaban J connectivity index is 1.35. The van der Waals surface area contributed by atoms with Crippen LogP contribution in [0.3, 0.4) is 0 Å². The number of aromatic hydroxyl groups is 2. The van der Waals surface area contributed by atoms with Gasteiger partial charge in [0.15, 0.2) is 0 Å². The molecule has 0 saturated carbocycles. The summed E-state index contributed by atoms with van der Waals surface area (Å²) in [5, 5.41) is 53.5. The van der Waals surface area contributed by atoms with Gasteiger partial charge >= 0.3 is 17.7 Å². The van der Waals surface area contributed by atoms with Crippen LogP contribution in [0.5, 0.6) is 11.5 Å². The number of nitrogens with zero attached hydrogens (tertiary/aromatic N) is 2. The number of amides is 5. The highest BCUT2D eigenvalue weighted by Crippen LogP contribution is 2.30. The van der Waals surface area contributed by atoms with E-state index in [1.165, 1.54) is 54.9 Å². The van der Waals surface area contributed by atoms with Gasteiger partial charge in [-0.25, -0.2) is 14.4 Å². The zero-order chi connectivity index (χ0) is 43.7. The van der Waals surface area contributed by atoms with Gasteiger partial charge in [-0.15, -0.1) is 0 Å². The molecule has 5 amide bonds. The number of urea groups is 1. The van der Waals surface area contributed by atoms with Crippen molar-refractivity contribution in [2.45, 2.75) is 81.7 Å². The number of benzene rings is 2. The molecule has 5 rings (SSSR count). The predicted molar refractivity (Wildman–Crippen MR) is 217 cm³/mol. The lowest BCUT2D eigenvalue weighted by atomic mass is 9.94. The lowest BCUT2D eigenvalue weighted by molar-refractivity contribution is -0.139. The summed E-state index contributed by atoms with van der Waals surface area (Å²) in [6.07, 6.45) is 1.60. The number of aliphatic hydroxyl groups is 1. The zero-order valence-corrected chi connectivity index (χ0v) is 33.7. The molecule has 1 fully saturated rings. The second kappa shape index (κ2) is 20.1. The number of likely N-dealkylation sites (N-methyl/N-ethyl adjacent to an activating group) is 1. The minimum Gasteiger partial charge on any atom is -0.508 e. The number of hydrogen-bond donors (Lipinski definition) is 10. The van der Waals surface area contributed by atoms with Gasteiger partial charge in [0.1, 0.15) is 41.5 Å². The molecule has 21 heteroatoms. The van der Waals surface area contributed by atoms with Crippen molar-refractivity contribution in [1.82, 2.24) is 41.0 Å². The number of carboxylic acid groups (broad SMARTS) is 1. The van der Waals surface area contributed by atoms with E-state index in [4.69, 9.17) is 4.74 Å². The molecule has 2 aromatic carbocycles. The van der Waals surface area contributed by atoms with E-state index in [9.17, 15) is 54.0 Å². The smallest absolute Gasteiger partial charge is 0.331 e. The minimum atomic E-state index is -1.48. The van der Waals surface area contributed by atoms with Crippen LogP contribution in [0.2, 0.25) is 0 Å². The Kier molecular flexibility index (Phi) is 15.0. The van der Waals surface area contributed by atoms with Gasteiger partial charge in [-0.2, -0.15) is 11.8 Å². The number of aliphatic hydroxyl groups excluding tert-OH is 1. The van der Waals surface area contributed by atoms with E-state index in [1.54, 1.807) is 24.5 Å². The minimum absolute atomic E-state index is 0.0231. The maximum absolute atomic E-state index is 14.0. The molecule has 7 atom stereocenters. The van der Waals surface area contributed by atoms with Gasteiger partial charge < -0.3 is 56.6 Å². The van der Waals surface area contributed by atoms with Crippen molar-refractivity contribution in [2.75, 3.05) is 19.1 Å². The van der Waals surface area contributed by atoms with Gasteiger partial charge in [0, 0.05) is 50.5 Å². The molecule has 7 unspecified atom stereocenters. The van der Waals surface area contributed by atoms with Crippen molar-refractivity contribution in [3.8, 4) is 11.5 Å². The van der Waals surface area contributed by atoms with Gasteiger partial charge in [0.05, 0.1) is 12.1 Å². The third-order valence-electron chi connectivity index (χ3n) is 10.2. The Labute approximate surface area is 347 Å². The van der Waals surface area contributed by atoms with Crippen molar-refractivity contribution in [1.29, 1.82) is 0 Å². The number of aromatic amines is 1. The molecule has 0 bridgehead atoms. The molecule has 60 heavy (non-hydrogen) atoms. The highest BCUT2D eigenvalue weighted by Gasteiger charge is 2.38. The second-order valence-electron chi connectivity index (χ2n) is 14.4. The summed E-state index contributed by atoms with van der Waals surface area (Å²) < 4.78 is 6.70. The Morgan fingerprint density at radius 3 is 2.40 bits per heavy atom. The number of thioether (sulfide) groups is 1. The van der Waals surface area contributed by atoms with Crippen LogP contribution in [0.15, 0.2) is 76.3 Å². The van der Waals surface area contributed by atoms with Crippen LogP contribution in [0.1, 0.15) is 42.7 Å². The number of aromatic nitrogens is 2. The quantitative estimate of drug-likeness (QED) is 0.0857. The summed E-state index contributed by atoms with van der Waals surface area (Å²) in [7, 11) is 1.46. The summed E-state index contributed by atoms with van der Waals surface area (Å²) >= 11 is 1.37. The third kappa shape index (κ3) is 11.2. The van der Waals surface area contributed by atoms with E-state index < -0.39 is 83.5 Å². The highest BCUT2D eigenvalue weighted by atomic mass is 32.2. The number of H-pyrrole nitrogens is 1. The fourth-order valence-corrected chi connectivity index (χ4v) is 7.23. The summed E-state index contributed by atoms with van der Waals surface area (Å²) in [4.78, 5) is 94.5. The van der Waals surface area contributed by atoms with E-state index in [1.807, 2.05) is 0 Å². The summed E-state index contributed by atoms with van der Waals surface area (Å²) in [6, 6.07) is 4.93. The van der Waals surface area contributed by atoms with E-state index in [-0.39, 0.29) is 49.5 Å². The molecule has 322 valence electrons. The normalized spacial score (nSPS) is 19.7. The molecule has 0 aliphatic carbocycles. The van der Waals surface area contributed by atoms with E-state index in [0.29, 0.717) is 16.9 Å². The number of hydrogen-bond acceptors (Lipinski definition) is 13. The first-order valence-electron chi connectivity index (χ1n) is 18.9. The Bertz CT molecular complexity index is 2210. The number of carbonyl (C=O) groups excluding carboxylic acids is 4. The number of rotatable bonds is 16. The van der Waals surface area contributed by atoms with Crippen LogP contribution >= 0.6 is 11.8 Å². The SMILES string of the molecule is CSCCC(NC(=O)NC(Cc1ccc(O)cc1)C(=O)O)C(=O)NC(C(=O)NC=C1CC(O)C(n2ccc(=O)[nH]c2=O)O1)C(C)N(C)C(=O)C1Cc2cccc(O)c2CN1. The molecule has 3 heterocycles. The fourth-order valence-electron chi connectivity index (χ4n) is 6.76. The summed E-state index contributed by atoms with van der Waals surface area (Å²) in [6.45, 7) is 1.74. The molecule has 0 spiro atoms. The molecule has 10 N–H and O–H groups in total. The topological polar surface area (TPSA) is 294 Å². The maximum atomic E-state index is 14.0. The summed E-state index contributed by atoms with van der Waals surface area (Å²) in [5.41, 5.74) is 0.450. The van der Waals surface area contributed by atoms with Crippen LogP contribution in [-0.4, -0.2) is 120 Å². The summed E-state index contributed by atoms with van der Waals surface area (Å²) in [5.74, 6) is -2.94. The molecule has 2 aliphatic rings. The molecule has 2 aliphatic heterocycles. The monoisotopic (exact) mass is 852 g/mol. The fraction of sp³-hybridized carbons (Fsp3) is 0.410. The van der Waals surface area contributed by atoms with Crippen LogP contribution in [0.25, 0.3) is 0 Å². The lowest BCUT2D eigenvalue weighted by Gasteiger charge is -2.36. The molecule has 0 radical (unpaired) electrons. The first-order valence-corrected chi connectivity index (χ1v) is 20.3. The molecule has 3 aromatic rings. The second-order valence-corrected chi connectivity index (χ2v) is 15.3. The van der Waals surface area contributed by atoms with Gasteiger partial charge in [-0.1, -0.05) is 24.3 Å². The maximum Gasteiger partial charge on any atom is 0.331 e. The first kappa shape index (κ1) is 44.8. The number of phenolic OH excluding ortho intramolecular Hbond substituents is 2. The van der Waals surface area contributed by atoms with Crippen molar-refractivity contribution >= 4 is 41.5 Å². The predicted octanol–water partition coefficient (Wildman–Crippen LogP) is -0.652. The largest absolute Gasteiger partial charge is 0.508 e. The standard InChI is InChI=1S/C39H48N8O12S/c1-20(46(2)35(54)27-16-22-5-4-6-29(49)25(22)19-40-27)32(34(53)41-18-24-17-30(50)36(59-24)47-13-11-31(51)44-39(47)58)45-33(52)26(12-14-60-3)42-38(57)43-28(37(55)56)15-21-7-9-23(48)10-8-21/h4-11,13,18,20,26-28,30,32,36,40,48-50H,12,14-17,19H2,1-3H3,(H,41,53)(H,45,52)(H,55,56)(H2,42,43,57)(H,44,51,58). The van der Waals surface area contributed by atoms with Crippen LogP contribution in [-0.2, 0) is 43.3 Å². The number of ether oxygens (including phenoxy) is 1. The number of aliphatic carboxylic acids is 1. The van der Waals surface area contributed by atoms with Crippen LogP contribution in [0, 0.1) is 0 Å². The first-order chi connectivity index (χ1) is 28.6. The van der Waals surface area contributed by atoms with Gasteiger partial charge in [-0.3, -0.25) is 28.7 Å². The average Bonchev–Trinajstić information content (AvgIpc) is 3.59. The van der Waals surface area contributed by atoms with Crippen LogP contribution in [0.4, 0.5) is 4.79 Å². The number of fused-ring (bicyclic) bond motifs is 1. The molecule has 1 aromatic heterocycles. The lowest BCUT2D eigenvalue weighted by Crippen LogP contribution is -2.62. The van der Waals surface area contributed by atoms with Crippen molar-refractivity contribution in [3.05, 3.63) is 104 Å². The Morgan fingerprint density at radius 1 is 1.00 bits per heavy atom. The molecule has 1 saturated heterocycles. The van der Waals surface area contributed by atoms with Crippen molar-refractivity contribution in [3.63, 3.8) is 0 Å². The Morgan fingerprint density at radius 2 is 1.72 bits per heavy atom. The number of carboxylic acids is 1. The molecule has 20 nitrogen and oxygen atoms in total. The number of carbonyl (C=O) groups is 5. The van der Waals surface area contributed by atoms with Crippen molar-refractivity contribution in [2.24, 2.45) is 0 Å². The number of phenols is 2. The molecular weight excluding hydrogens is 805 g/mol. The van der Waals surface area contributed by atoms with Gasteiger partial charge in [-0.05, 0) is 61.1 Å². The highest BCUT2D eigenvalue weighted by molar-refractivity contribution is 7.98. The zero-order valence-electron chi connectivity index (χ0n) is 32.9. The average molecular weight is 853 g/mol. The van der Waals surface area contributed by atoms with E-state index in [0.717, 1.165) is 28.6 Å². The van der Waals surface area contributed by atoms with Gasteiger partial charge in [0.2, 0.25) is 23.9 Å². The van der Waals surface area contributed by atoms with Gasteiger partial charge in [0.25, 0.3) is 5.56 Å². The van der Waals surface area contributed by atoms with E-state index >= 15 is 0 Å². The van der Waals surface area contributed by atoms with E-state index in [2.05, 4.69) is 31.6 Å². The number of nitrogens with one attached hydrogen (secondary N) is 6. The third-order valence-corrected chi connectivity index (χ3v) is 10.9. The Hall–Kier alpha value is -6.32. The van der Waals surface area contributed by atoms with Crippen LogP contribution < -0.4 is 37.8 Å².